The van der Waals surface area contributed by atoms with Gasteiger partial charge in [0.15, 0.2) is 6.10 Å². The molecule has 0 saturated carbocycles. The van der Waals surface area contributed by atoms with Crippen LogP contribution >= 0.6 is 0 Å². The first-order valence-electron chi connectivity index (χ1n) is 9.99. The monoisotopic (exact) mass is 396 g/mol. The maximum Gasteiger partial charge on any atom is 0.410 e. The first kappa shape index (κ1) is 18.2. The van der Waals surface area contributed by atoms with Crippen LogP contribution < -0.4 is 4.90 Å². The molecule has 0 bridgehead atoms. The number of carbonyl (C=O) groups excluding carboxylic acids is 1. The molecule has 0 N–H and O–H groups in total. The third-order valence-corrected chi connectivity index (χ3v) is 5.78. The molecular formula is C21H24N4O4. The number of allylic oxidation sites excluding steroid dienone is 1. The van der Waals surface area contributed by atoms with E-state index < -0.39 is 0 Å². The third kappa shape index (κ3) is 3.37. The van der Waals surface area contributed by atoms with Gasteiger partial charge in [0.05, 0.1) is 24.6 Å². The summed E-state index contributed by atoms with van der Waals surface area (Å²) in [5.41, 5.74) is 5.28. The van der Waals surface area contributed by atoms with E-state index in [4.69, 9.17) is 13.9 Å². The maximum atomic E-state index is 12.3. The van der Waals surface area contributed by atoms with Crippen molar-refractivity contribution in [1.29, 1.82) is 0 Å². The SMILES string of the molecule is Cc1nc(C2=Cc3c(N4CCN(C(=O)OC5COC5)CC4)ccnc3C2)oc1C. The van der Waals surface area contributed by atoms with Gasteiger partial charge in [-0.25, -0.2) is 9.78 Å². The van der Waals surface area contributed by atoms with Gasteiger partial charge in [-0.2, -0.15) is 0 Å². The molecule has 8 nitrogen and oxygen atoms in total. The van der Waals surface area contributed by atoms with Crippen LogP contribution in [0.15, 0.2) is 16.7 Å². The van der Waals surface area contributed by atoms with E-state index >= 15 is 0 Å². The van der Waals surface area contributed by atoms with Crippen molar-refractivity contribution in [2.75, 3.05) is 44.3 Å². The van der Waals surface area contributed by atoms with Gasteiger partial charge in [0.25, 0.3) is 0 Å². The normalized spacial score (nSPS) is 19.0. The van der Waals surface area contributed by atoms with Crippen LogP contribution in [0.5, 0.6) is 0 Å². The second-order valence-electron chi connectivity index (χ2n) is 7.71. The lowest BCUT2D eigenvalue weighted by molar-refractivity contribution is -0.104. The first-order valence-corrected chi connectivity index (χ1v) is 9.99. The Hall–Kier alpha value is -2.87. The predicted octanol–water partition coefficient (Wildman–Crippen LogP) is 2.44. The van der Waals surface area contributed by atoms with E-state index in [1.807, 2.05) is 26.1 Å². The molecule has 0 radical (unpaired) electrons. The van der Waals surface area contributed by atoms with Crippen molar-refractivity contribution in [3.8, 4) is 0 Å². The van der Waals surface area contributed by atoms with Crippen molar-refractivity contribution in [2.24, 2.45) is 0 Å². The molecule has 2 aromatic heterocycles. The molecule has 29 heavy (non-hydrogen) atoms. The highest BCUT2D eigenvalue weighted by atomic mass is 16.6. The highest BCUT2D eigenvalue weighted by Gasteiger charge is 2.30. The molecule has 2 fully saturated rings. The Kier molecular flexibility index (Phi) is 4.50. The van der Waals surface area contributed by atoms with Gasteiger partial charge in [-0.15, -0.1) is 0 Å². The van der Waals surface area contributed by atoms with Gasteiger partial charge in [-0.3, -0.25) is 4.98 Å². The van der Waals surface area contributed by atoms with Gasteiger partial charge in [-0.1, -0.05) is 0 Å². The lowest BCUT2D eigenvalue weighted by Crippen LogP contribution is -2.51. The Morgan fingerprint density at radius 1 is 1.21 bits per heavy atom. The summed E-state index contributed by atoms with van der Waals surface area (Å²) in [4.78, 5) is 25.4. The number of piperazine rings is 1. The van der Waals surface area contributed by atoms with Crippen molar-refractivity contribution < 1.29 is 18.7 Å². The van der Waals surface area contributed by atoms with E-state index in [1.54, 1.807) is 4.90 Å². The minimum atomic E-state index is -0.241. The largest absolute Gasteiger partial charge is 0.441 e. The molecule has 2 aliphatic heterocycles. The van der Waals surface area contributed by atoms with Gasteiger partial charge >= 0.3 is 6.09 Å². The van der Waals surface area contributed by atoms with E-state index in [2.05, 4.69) is 20.9 Å². The first-order chi connectivity index (χ1) is 14.1. The minimum Gasteiger partial charge on any atom is -0.441 e. The van der Waals surface area contributed by atoms with Crippen LogP contribution in [-0.4, -0.2) is 66.5 Å². The predicted molar refractivity (Wildman–Crippen MR) is 107 cm³/mol. The number of hydrogen-bond acceptors (Lipinski definition) is 7. The van der Waals surface area contributed by atoms with E-state index in [0.29, 0.717) is 32.2 Å². The molecule has 5 rings (SSSR count). The van der Waals surface area contributed by atoms with Crippen molar-refractivity contribution in [3.63, 3.8) is 0 Å². The summed E-state index contributed by atoms with van der Waals surface area (Å²) in [6, 6.07) is 2.05. The highest BCUT2D eigenvalue weighted by Crippen LogP contribution is 2.36. The molecule has 2 aromatic rings. The number of pyridine rings is 1. The fourth-order valence-electron chi connectivity index (χ4n) is 3.86. The Morgan fingerprint density at radius 2 is 2.00 bits per heavy atom. The van der Waals surface area contributed by atoms with Crippen molar-refractivity contribution >= 4 is 23.4 Å². The standard InChI is InChI=1S/C21H24N4O4/c1-13-14(2)28-20(23-13)15-9-17-18(10-15)22-4-3-19(17)24-5-7-25(8-6-24)21(26)29-16-11-27-12-16/h3-4,9,16H,5-8,10-12H2,1-2H3. The summed E-state index contributed by atoms with van der Waals surface area (Å²) in [6.45, 7) is 7.69. The molecule has 152 valence electrons. The second-order valence-corrected chi connectivity index (χ2v) is 7.71. The van der Waals surface area contributed by atoms with Crippen LogP contribution in [0, 0.1) is 13.8 Å². The summed E-state index contributed by atoms with van der Waals surface area (Å²) in [5, 5.41) is 0. The van der Waals surface area contributed by atoms with E-state index in [-0.39, 0.29) is 12.2 Å². The fraction of sp³-hybridized carbons (Fsp3) is 0.476. The van der Waals surface area contributed by atoms with E-state index in [1.165, 1.54) is 0 Å². The van der Waals surface area contributed by atoms with Crippen LogP contribution in [0.1, 0.15) is 28.6 Å². The molecule has 1 aliphatic carbocycles. The number of fused-ring (bicyclic) bond motifs is 1. The number of aryl methyl sites for hydroxylation is 2. The van der Waals surface area contributed by atoms with Gasteiger partial charge < -0.3 is 23.7 Å². The number of anilines is 1. The number of ether oxygens (including phenoxy) is 2. The molecular weight excluding hydrogens is 372 g/mol. The zero-order valence-corrected chi connectivity index (χ0v) is 16.7. The van der Waals surface area contributed by atoms with Crippen LogP contribution in [0.4, 0.5) is 10.5 Å². The van der Waals surface area contributed by atoms with Crippen LogP contribution in [-0.2, 0) is 15.9 Å². The number of nitrogens with zero attached hydrogens (tertiary/aromatic N) is 4. The lowest BCUT2D eigenvalue weighted by atomic mass is 10.1. The Labute approximate surface area is 169 Å². The molecule has 2 saturated heterocycles. The smallest absolute Gasteiger partial charge is 0.410 e. The highest BCUT2D eigenvalue weighted by molar-refractivity contribution is 5.90. The lowest BCUT2D eigenvalue weighted by Gasteiger charge is -2.37. The van der Waals surface area contributed by atoms with E-state index in [0.717, 1.165) is 53.5 Å². The van der Waals surface area contributed by atoms with Crippen LogP contribution in [0.3, 0.4) is 0 Å². The fourth-order valence-corrected chi connectivity index (χ4v) is 3.86. The molecule has 1 amide bonds. The van der Waals surface area contributed by atoms with Crippen molar-refractivity contribution in [2.45, 2.75) is 26.4 Å². The summed E-state index contributed by atoms with van der Waals surface area (Å²) < 4.78 is 16.3. The zero-order valence-electron chi connectivity index (χ0n) is 16.7. The maximum absolute atomic E-state index is 12.3. The molecule has 3 aliphatic rings. The molecule has 8 heteroatoms. The Morgan fingerprint density at radius 3 is 2.66 bits per heavy atom. The van der Waals surface area contributed by atoms with Gasteiger partial charge in [0.1, 0.15) is 5.76 Å². The third-order valence-electron chi connectivity index (χ3n) is 5.78. The molecule has 0 aromatic carbocycles. The number of amides is 1. The van der Waals surface area contributed by atoms with Gasteiger partial charge in [-0.05, 0) is 26.0 Å². The summed E-state index contributed by atoms with van der Waals surface area (Å²) in [6.07, 6.45) is 4.39. The quantitative estimate of drug-likeness (QED) is 0.788. The summed E-state index contributed by atoms with van der Waals surface area (Å²) in [7, 11) is 0. The number of carbonyl (C=O) groups is 1. The minimum absolute atomic E-state index is 0.0879. The van der Waals surface area contributed by atoms with E-state index in [9.17, 15) is 4.79 Å². The summed E-state index contributed by atoms with van der Waals surface area (Å²) >= 11 is 0. The number of aromatic nitrogens is 2. The number of hydrogen-bond donors (Lipinski definition) is 0. The molecule has 4 heterocycles. The van der Waals surface area contributed by atoms with Gasteiger partial charge in [0, 0.05) is 55.6 Å². The Bertz CT molecular complexity index is 952. The average Bonchev–Trinajstić information content (AvgIpc) is 3.28. The van der Waals surface area contributed by atoms with Crippen LogP contribution in [0.25, 0.3) is 11.6 Å². The zero-order chi connectivity index (χ0) is 20.0. The average molecular weight is 396 g/mol. The van der Waals surface area contributed by atoms with Gasteiger partial charge in [0.2, 0.25) is 5.89 Å². The van der Waals surface area contributed by atoms with Crippen molar-refractivity contribution in [3.05, 3.63) is 40.9 Å². The Balaban J connectivity index is 1.30. The molecule has 0 spiro atoms. The molecule has 0 atom stereocenters. The topological polar surface area (TPSA) is 80.9 Å². The molecule has 0 unspecified atom stereocenters. The van der Waals surface area contributed by atoms with Crippen LogP contribution in [0.2, 0.25) is 0 Å². The number of oxazole rings is 1. The number of rotatable bonds is 3. The summed E-state index contributed by atoms with van der Waals surface area (Å²) in [5.74, 6) is 1.53. The second kappa shape index (κ2) is 7.18. The van der Waals surface area contributed by atoms with Crippen molar-refractivity contribution in [1.82, 2.24) is 14.9 Å².